The molecule has 1 aliphatic carbocycles. The molecule has 0 spiro atoms. The third-order valence-corrected chi connectivity index (χ3v) is 3.32. The normalized spacial score (nSPS) is 20.6. The van der Waals surface area contributed by atoms with E-state index in [2.05, 4.69) is 0 Å². The van der Waals surface area contributed by atoms with Gasteiger partial charge in [-0.1, -0.05) is 18.2 Å². The number of benzene rings is 1. The van der Waals surface area contributed by atoms with Crippen LogP contribution in [0, 0.1) is 5.92 Å². The van der Waals surface area contributed by atoms with Crippen LogP contribution in [0.2, 0.25) is 0 Å². The van der Waals surface area contributed by atoms with Gasteiger partial charge in [0.1, 0.15) is 12.4 Å². The van der Waals surface area contributed by atoms with Crippen molar-refractivity contribution in [2.75, 3.05) is 7.11 Å². The van der Waals surface area contributed by atoms with E-state index in [1.54, 1.807) is 24.3 Å². The van der Waals surface area contributed by atoms with E-state index in [4.69, 9.17) is 10.5 Å². The number of carbonyl (C=O) groups excluding carboxylic acids is 1. The van der Waals surface area contributed by atoms with Gasteiger partial charge >= 0.3 is 0 Å². The predicted octanol–water partition coefficient (Wildman–Crippen LogP) is 1.03. The number of nitrogens with two attached hydrogens (primary N) is 1. The van der Waals surface area contributed by atoms with Gasteiger partial charge in [-0.15, -0.1) is 0 Å². The molecule has 0 amide bonds. The molecule has 1 saturated carbocycles. The van der Waals surface area contributed by atoms with E-state index in [0.29, 0.717) is 11.1 Å². The van der Waals surface area contributed by atoms with Crippen molar-refractivity contribution in [3.63, 3.8) is 0 Å². The largest absolute Gasteiger partial charge is 0.388 e. The standard InChI is InChI=1S/C13H17NO3/c1-17-13(14,12(16)10-5-6-10)11-4-2-3-9(7-11)8-15/h2-4,7-8,10,12,16H,5-6,14H2,1H3/t12-,13-/m1/s1. The van der Waals surface area contributed by atoms with Crippen molar-refractivity contribution in [3.8, 4) is 0 Å². The molecular weight excluding hydrogens is 218 g/mol. The molecule has 1 aromatic carbocycles. The Kier molecular flexibility index (Phi) is 3.28. The van der Waals surface area contributed by atoms with Gasteiger partial charge in [-0.25, -0.2) is 0 Å². The maximum atomic E-state index is 10.7. The number of methoxy groups -OCH3 is 1. The average molecular weight is 235 g/mol. The lowest BCUT2D eigenvalue weighted by Gasteiger charge is -2.33. The third-order valence-electron chi connectivity index (χ3n) is 3.32. The number of hydrogen-bond donors (Lipinski definition) is 2. The van der Waals surface area contributed by atoms with Gasteiger partial charge in [0.25, 0.3) is 0 Å². The van der Waals surface area contributed by atoms with Gasteiger partial charge in [0.2, 0.25) is 0 Å². The van der Waals surface area contributed by atoms with E-state index in [-0.39, 0.29) is 5.92 Å². The molecule has 2 atom stereocenters. The first-order chi connectivity index (χ1) is 8.11. The monoisotopic (exact) mass is 235 g/mol. The number of hydrogen-bond acceptors (Lipinski definition) is 4. The van der Waals surface area contributed by atoms with Gasteiger partial charge < -0.3 is 9.84 Å². The molecule has 92 valence electrons. The maximum Gasteiger partial charge on any atom is 0.168 e. The summed E-state index contributed by atoms with van der Waals surface area (Å²) in [6.07, 6.45) is 1.95. The lowest BCUT2D eigenvalue weighted by Crippen LogP contribution is -2.50. The fraction of sp³-hybridized carbons (Fsp3) is 0.462. The number of ether oxygens (including phenoxy) is 1. The Bertz CT molecular complexity index is 417. The minimum Gasteiger partial charge on any atom is -0.388 e. The van der Waals surface area contributed by atoms with Crippen LogP contribution in [0.25, 0.3) is 0 Å². The fourth-order valence-electron chi connectivity index (χ4n) is 2.03. The van der Waals surface area contributed by atoms with Crippen LogP contribution in [0.4, 0.5) is 0 Å². The number of rotatable bonds is 5. The Hall–Kier alpha value is -1.23. The van der Waals surface area contributed by atoms with E-state index >= 15 is 0 Å². The van der Waals surface area contributed by atoms with Crippen molar-refractivity contribution in [1.29, 1.82) is 0 Å². The van der Waals surface area contributed by atoms with Crippen molar-refractivity contribution in [1.82, 2.24) is 0 Å². The molecule has 4 nitrogen and oxygen atoms in total. The van der Waals surface area contributed by atoms with Gasteiger partial charge in [0, 0.05) is 18.2 Å². The molecule has 0 aliphatic heterocycles. The lowest BCUT2D eigenvalue weighted by atomic mass is 9.93. The van der Waals surface area contributed by atoms with Crippen LogP contribution >= 0.6 is 0 Å². The molecular formula is C13H17NO3. The lowest BCUT2D eigenvalue weighted by molar-refractivity contribution is -0.113. The van der Waals surface area contributed by atoms with Gasteiger partial charge in [0.05, 0.1) is 0 Å². The van der Waals surface area contributed by atoms with Crippen LogP contribution in [0.15, 0.2) is 24.3 Å². The molecule has 0 unspecified atom stereocenters. The summed E-state index contributed by atoms with van der Waals surface area (Å²) in [5.74, 6) is 0.194. The number of aliphatic hydroxyl groups is 1. The average Bonchev–Trinajstić information content (AvgIpc) is 3.21. The van der Waals surface area contributed by atoms with Crippen LogP contribution in [0.1, 0.15) is 28.8 Å². The minimum absolute atomic E-state index is 0.194. The Labute approximate surface area is 100 Å². The van der Waals surface area contributed by atoms with Crippen molar-refractivity contribution in [3.05, 3.63) is 35.4 Å². The zero-order valence-electron chi connectivity index (χ0n) is 9.80. The van der Waals surface area contributed by atoms with Gasteiger partial charge in [0.15, 0.2) is 5.72 Å². The molecule has 0 radical (unpaired) electrons. The third kappa shape index (κ3) is 2.24. The summed E-state index contributed by atoms with van der Waals surface area (Å²) >= 11 is 0. The van der Waals surface area contributed by atoms with Crippen molar-refractivity contribution >= 4 is 6.29 Å². The van der Waals surface area contributed by atoms with Crippen LogP contribution in [0.5, 0.6) is 0 Å². The van der Waals surface area contributed by atoms with Crippen LogP contribution in [-0.2, 0) is 10.5 Å². The first-order valence-corrected chi connectivity index (χ1v) is 5.69. The topological polar surface area (TPSA) is 72.5 Å². The molecule has 2 rings (SSSR count). The Balaban J connectivity index is 2.34. The molecule has 1 aliphatic rings. The quantitative estimate of drug-likeness (QED) is 0.590. The zero-order chi connectivity index (χ0) is 12.5. The maximum absolute atomic E-state index is 10.7. The SMILES string of the molecule is CO[C@](N)(c1cccc(C=O)c1)[C@H](O)C1CC1. The summed E-state index contributed by atoms with van der Waals surface area (Å²) in [6.45, 7) is 0. The molecule has 3 N–H and O–H groups in total. The number of carbonyl (C=O) groups is 1. The highest BCUT2D eigenvalue weighted by atomic mass is 16.5. The smallest absolute Gasteiger partial charge is 0.168 e. The second-order valence-corrected chi connectivity index (χ2v) is 4.52. The summed E-state index contributed by atoms with van der Waals surface area (Å²) < 4.78 is 5.30. The van der Waals surface area contributed by atoms with Gasteiger partial charge in [-0.3, -0.25) is 10.5 Å². The van der Waals surface area contributed by atoms with Crippen LogP contribution in [0.3, 0.4) is 0 Å². The highest BCUT2D eigenvalue weighted by molar-refractivity contribution is 5.75. The first kappa shape index (κ1) is 12.2. The Morgan fingerprint density at radius 2 is 2.29 bits per heavy atom. The van der Waals surface area contributed by atoms with Gasteiger partial charge in [-0.2, -0.15) is 0 Å². The number of aliphatic hydroxyl groups excluding tert-OH is 1. The first-order valence-electron chi connectivity index (χ1n) is 5.69. The second kappa shape index (κ2) is 4.56. The summed E-state index contributed by atoms with van der Waals surface area (Å²) in [5.41, 5.74) is 6.06. The molecule has 1 aromatic rings. The van der Waals surface area contributed by atoms with E-state index in [1.807, 2.05) is 0 Å². The number of aldehydes is 1. The fourth-order valence-corrected chi connectivity index (χ4v) is 2.03. The predicted molar refractivity (Wildman–Crippen MR) is 63.4 cm³/mol. The van der Waals surface area contributed by atoms with Crippen molar-refractivity contribution < 1.29 is 14.6 Å². The summed E-state index contributed by atoms with van der Waals surface area (Å²) in [4.78, 5) is 10.7. The Morgan fingerprint density at radius 1 is 1.59 bits per heavy atom. The van der Waals surface area contributed by atoms with E-state index in [9.17, 15) is 9.90 Å². The van der Waals surface area contributed by atoms with Crippen LogP contribution in [-0.4, -0.2) is 24.6 Å². The Morgan fingerprint density at radius 3 is 2.82 bits per heavy atom. The van der Waals surface area contributed by atoms with E-state index < -0.39 is 11.8 Å². The van der Waals surface area contributed by atoms with Crippen molar-refractivity contribution in [2.24, 2.45) is 11.7 Å². The summed E-state index contributed by atoms with van der Waals surface area (Å²) in [7, 11) is 1.47. The highest BCUT2D eigenvalue weighted by Crippen LogP contribution is 2.40. The summed E-state index contributed by atoms with van der Waals surface area (Å²) in [5, 5.41) is 10.2. The minimum atomic E-state index is -1.24. The van der Waals surface area contributed by atoms with Crippen LogP contribution < -0.4 is 5.73 Å². The van der Waals surface area contributed by atoms with E-state index in [1.165, 1.54) is 7.11 Å². The zero-order valence-corrected chi connectivity index (χ0v) is 9.80. The molecule has 0 heterocycles. The van der Waals surface area contributed by atoms with E-state index in [0.717, 1.165) is 19.1 Å². The summed E-state index contributed by atoms with van der Waals surface area (Å²) in [6, 6.07) is 6.85. The molecule has 1 fully saturated rings. The molecule has 4 heteroatoms. The molecule has 0 saturated heterocycles. The van der Waals surface area contributed by atoms with Crippen molar-refractivity contribution in [2.45, 2.75) is 24.7 Å². The molecule has 17 heavy (non-hydrogen) atoms. The highest BCUT2D eigenvalue weighted by Gasteiger charge is 2.45. The second-order valence-electron chi connectivity index (χ2n) is 4.52. The van der Waals surface area contributed by atoms with Gasteiger partial charge in [-0.05, 0) is 24.8 Å². The molecule has 0 bridgehead atoms. The molecule has 0 aromatic heterocycles.